The number of hydrogen-bond donors (Lipinski definition) is 2. The molecule has 0 aliphatic heterocycles. The summed E-state index contributed by atoms with van der Waals surface area (Å²) in [5, 5.41) is 10.6. The largest absolute Gasteiger partial charge is 0.358 e. The maximum atomic E-state index is 13.9. The van der Waals surface area contributed by atoms with Gasteiger partial charge in [-0.15, -0.1) is 0 Å². The van der Waals surface area contributed by atoms with Crippen molar-refractivity contribution in [2.24, 2.45) is 0 Å². The molecule has 0 aliphatic carbocycles. The average Bonchev–Trinajstić information content (AvgIpc) is 3.38. The third-order valence-electron chi connectivity index (χ3n) is 5.93. The van der Waals surface area contributed by atoms with Crippen LogP contribution >= 0.6 is 12.2 Å². The topological polar surface area (TPSA) is 76.0 Å². The highest BCUT2D eigenvalue weighted by molar-refractivity contribution is 7.80. The van der Waals surface area contributed by atoms with Crippen molar-refractivity contribution in [1.29, 1.82) is 0 Å². The van der Waals surface area contributed by atoms with Crippen LogP contribution in [0, 0.1) is 0 Å². The third kappa shape index (κ3) is 5.43. The quantitative estimate of drug-likeness (QED) is 0.218. The van der Waals surface area contributed by atoms with E-state index in [1.165, 1.54) is 0 Å². The molecule has 38 heavy (non-hydrogen) atoms. The van der Waals surface area contributed by atoms with E-state index in [1.54, 1.807) is 28.9 Å². The molecule has 0 saturated heterocycles. The van der Waals surface area contributed by atoms with E-state index in [-0.39, 0.29) is 22.2 Å². The van der Waals surface area contributed by atoms with Gasteiger partial charge in [0.25, 0.3) is 5.91 Å². The van der Waals surface area contributed by atoms with Crippen molar-refractivity contribution in [3.8, 4) is 16.9 Å². The molecule has 2 N–H and O–H groups in total. The first kappa shape index (κ1) is 24.8. The number of carbonyl (C=O) groups is 2. The molecule has 6 nitrogen and oxygen atoms in total. The van der Waals surface area contributed by atoms with Crippen molar-refractivity contribution in [2.45, 2.75) is 6.54 Å². The van der Waals surface area contributed by atoms with Gasteiger partial charge in [0, 0.05) is 17.7 Å². The smallest absolute Gasteiger partial charge is 0.278 e. The number of para-hydroxylation sites is 1. The predicted octanol–water partition coefficient (Wildman–Crippen LogP) is 5.57. The number of thiocarbonyl (C=S) groups is 1. The zero-order valence-electron chi connectivity index (χ0n) is 20.4. The van der Waals surface area contributed by atoms with Crippen molar-refractivity contribution in [3.63, 3.8) is 0 Å². The number of ketones is 1. The maximum Gasteiger partial charge on any atom is 0.278 e. The van der Waals surface area contributed by atoms with Crippen LogP contribution < -0.4 is 10.6 Å². The molecule has 1 amide bonds. The van der Waals surface area contributed by atoms with Crippen molar-refractivity contribution in [3.05, 3.63) is 144 Å². The molecule has 0 unspecified atom stereocenters. The van der Waals surface area contributed by atoms with Crippen molar-refractivity contribution in [2.75, 3.05) is 0 Å². The molecule has 0 atom stereocenters. The second-order valence-corrected chi connectivity index (χ2v) is 8.91. The molecule has 0 aliphatic rings. The number of nitrogens with zero attached hydrogens (tertiary/aromatic N) is 2. The van der Waals surface area contributed by atoms with Gasteiger partial charge in [-0.2, -0.15) is 5.10 Å². The van der Waals surface area contributed by atoms with Crippen molar-refractivity contribution in [1.82, 2.24) is 20.4 Å². The molecule has 186 valence electrons. The number of rotatable bonds is 7. The Morgan fingerprint density at radius 1 is 0.737 bits per heavy atom. The van der Waals surface area contributed by atoms with Gasteiger partial charge in [-0.25, -0.2) is 4.68 Å². The summed E-state index contributed by atoms with van der Waals surface area (Å²) in [5.74, 6) is -0.873. The second kappa shape index (κ2) is 11.5. The Labute approximate surface area is 226 Å². The van der Waals surface area contributed by atoms with Gasteiger partial charge >= 0.3 is 0 Å². The Bertz CT molecular complexity index is 1570. The number of benzene rings is 4. The van der Waals surface area contributed by atoms with Crippen LogP contribution in [0.1, 0.15) is 32.0 Å². The Morgan fingerprint density at radius 2 is 1.29 bits per heavy atom. The van der Waals surface area contributed by atoms with Gasteiger partial charge in [0.05, 0.1) is 16.9 Å². The highest BCUT2D eigenvalue weighted by Crippen LogP contribution is 2.31. The minimum Gasteiger partial charge on any atom is -0.358 e. The van der Waals surface area contributed by atoms with E-state index in [0.29, 0.717) is 17.8 Å². The van der Waals surface area contributed by atoms with Crippen LogP contribution in [0.5, 0.6) is 0 Å². The molecule has 7 heteroatoms. The Kier molecular flexibility index (Phi) is 7.47. The summed E-state index contributed by atoms with van der Waals surface area (Å²) in [6.45, 7) is 0.448. The number of amides is 1. The third-order valence-corrected chi connectivity index (χ3v) is 6.18. The molecule has 1 aromatic heterocycles. The molecule has 0 fully saturated rings. The fraction of sp³-hybridized carbons (Fsp3) is 0.0323. The SMILES string of the molecule is O=C(NC(=S)NCc1ccccc1)c1nn(-c2ccccc2)c(-c2ccccc2)c1C(=O)c1ccccc1. The summed E-state index contributed by atoms with van der Waals surface area (Å²) in [5.41, 5.74) is 3.67. The molecular formula is C31H24N4O2S. The minimum absolute atomic E-state index is 0.00887. The van der Waals surface area contributed by atoms with Gasteiger partial charge in [-0.3, -0.25) is 14.9 Å². The Hall–Kier alpha value is -4.88. The summed E-state index contributed by atoms with van der Waals surface area (Å²) < 4.78 is 1.64. The van der Waals surface area contributed by atoms with Crippen LogP contribution in [0.25, 0.3) is 16.9 Å². The Morgan fingerprint density at radius 3 is 1.92 bits per heavy atom. The molecule has 0 spiro atoms. The lowest BCUT2D eigenvalue weighted by atomic mass is 9.97. The van der Waals surface area contributed by atoms with E-state index in [2.05, 4.69) is 15.7 Å². The first-order chi connectivity index (χ1) is 18.6. The lowest BCUT2D eigenvalue weighted by Crippen LogP contribution is -2.39. The summed E-state index contributed by atoms with van der Waals surface area (Å²) in [7, 11) is 0. The molecule has 5 aromatic rings. The zero-order valence-corrected chi connectivity index (χ0v) is 21.2. The zero-order chi connectivity index (χ0) is 26.3. The Balaban J connectivity index is 1.58. The molecule has 0 radical (unpaired) electrons. The van der Waals surface area contributed by atoms with Gasteiger partial charge in [-0.1, -0.05) is 109 Å². The van der Waals surface area contributed by atoms with E-state index in [0.717, 1.165) is 16.8 Å². The molecular weight excluding hydrogens is 492 g/mol. The van der Waals surface area contributed by atoms with E-state index in [1.807, 2.05) is 97.1 Å². The molecule has 0 saturated carbocycles. The van der Waals surface area contributed by atoms with Crippen LogP contribution in [0.4, 0.5) is 0 Å². The first-order valence-corrected chi connectivity index (χ1v) is 12.5. The van der Waals surface area contributed by atoms with Gasteiger partial charge in [-0.05, 0) is 29.9 Å². The fourth-order valence-electron chi connectivity index (χ4n) is 4.13. The molecule has 5 rings (SSSR count). The van der Waals surface area contributed by atoms with Crippen molar-refractivity contribution >= 4 is 29.0 Å². The predicted molar refractivity (Wildman–Crippen MR) is 152 cm³/mol. The normalized spacial score (nSPS) is 10.5. The lowest BCUT2D eigenvalue weighted by Gasteiger charge is -2.11. The van der Waals surface area contributed by atoms with Gasteiger partial charge in [0.1, 0.15) is 0 Å². The van der Waals surface area contributed by atoms with Gasteiger partial charge in [0.15, 0.2) is 16.6 Å². The highest BCUT2D eigenvalue weighted by Gasteiger charge is 2.30. The average molecular weight is 517 g/mol. The van der Waals surface area contributed by atoms with E-state index in [9.17, 15) is 9.59 Å². The lowest BCUT2D eigenvalue weighted by molar-refractivity contribution is 0.0958. The van der Waals surface area contributed by atoms with Crippen LogP contribution in [-0.4, -0.2) is 26.6 Å². The van der Waals surface area contributed by atoms with Gasteiger partial charge in [0.2, 0.25) is 0 Å². The van der Waals surface area contributed by atoms with Crippen LogP contribution in [0.3, 0.4) is 0 Å². The summed E-state index contributed by atoms with van der Waals surface area (Å²) in [6.07, 6.45) is 0. The molecule has 4 aromatic carbocycles. The molecule has 1 heterocycles. The number of aromatic nitrogens is 2. The number of hydrogen-bond acceptors (Lipinski definition) is 4. The van der Waals surface area contributed by atoms with Crippen LogP contribution in [-0.2, 0) is 6.54 Å². The number of carbonyl (C=O) groups excluding carboxylic acids is 2. The first-order valence-electron chi connectivity index (χ1n) is 12.1. The number of nitrogens with one attached hydrogen (secondary N) is 2. The molecule has 0 bridgehead atoms. The van der Waals surface area contributed by atoms with Crippen LogP contribution in [0.2, 0.25) is 0 Å². The van der Waals surface area contributed by atoms with E-state index in [4.69, 9.17) is 12.2 Å². The van der Waals surface area contributed by atoms with Gasteiger partial charge < -0.3 is 5.32 Å². The summed E-state index contributed by atoms with van der Waals surface area (Å²) in [4.78, 5) is 27.5. The van der Waals surface area contributed by atoms with Crippen LogP contribution in [0.15, 0.2) is 121 Å². The second-order valence-electron chi connectivity index (χ2n) is 8.50. The van der Waals surface area contributed by atoms with Crippen molar-refractivity contribution < 1.29 is 9.59 Å². The van der Waals surface area contributed by atoms with E-state index >= 15 is 0 Å². The maximum absolute atomic E-state index is 13.9. The fourth-order valence-corrected chi connectivity index (χ4v) is 4.29. The summed E-state index contributed by atoms with van der Waals surface area (Å²) in [6, 6.07) is 37.5. The monoisotopic (exact) mass is 516 g/mol. The standard InChI is InChI=1S/C31H24N4O2S/c36-29(24-17-9-3-10-18-24)26-27(30(37)33-31(38)32-21-22-13-5-1-6-14-22)34-35(25-19-11-4-12-20-25)28(26)23-15-7-2-8-16-23/h1-20H,21H2,(H2,32,33,37,38). The highest BCUT2D eigenvalue weighted by atomic mass is 32.1. The minimum atomic E-state index is -0.568. The van der Waals surface area contributed by atoms with E-state index < -0.39 is 5.91 Å². The summed E-state index contributed by atoms with van der Waals surface area (Å²) >= 11 is 5.40.